The van der Waals surface area contributed by atoms with Crippen molar-refractivity contribution in [3.05, 3.63) is 60.1 Å². The van der Waals surface area contributed by atoms with E-state index < -0.39 is 0 Å². The molecule has 7 nitrogen and oxygen atoms in total. The van der Waals surface area contributed by atoms with E-state index in [9.17, 15) is 4.79 Å². The van der Waals surface area contributed by atoms with E-state index in [2.05, 4.69) is 15.0 Å². The van der Waals surface area contributed by atoms with Crippen molar-refractivity contribution in [2.24, 2.45) is 5.92 Å². The first-order chi connectivity index (χ1) is 12.7. The Hall–Kier alpha value is -2.80. The molecule has 1 aliphatic rings. The maximum absolute atomic E-state index is 13.0. The average Bonchev–Trinajstić information content (AvgIpc) is 2.97. The molecule has 0 spiro atoms. The summed E-state index contributed by atoms with van der Waals surface area (Å²) in [6.45, 7) is 4.37. The fourth-order valence-electron chi connectivity index (χ4n) is 3.34. The molecule has 1 fully saturated rings. The van der Waals surface area contributed by atoms with Crippen LogP contribution in [0.15, 0.2) is 43.0 Å². The van der Waals surface area contributed by atoms with Gasteiger partial charge in [-0.2, -0.15) is 0 Å². The first kappa shape index (κ1) is 16.7. The second kappa shape index (κ2) is 7.21. The Balaban J connectivity index is 1.53. The molecule has 0 aromatic carbocycles. The number of imidazole rings is 1. The molecular weight excluding hydrogens is 330 g/mol. The summed E-state index contributed by atoms with van der Waals surface area (Å²) in [7, 11) is 0. The lowest BCUT2D eigenvalue weighted by molar-refractivity contribution is 0.0732. The lowest BCUT2D eigenvalue weighted by Crippen LogP contribution is -2.36. The van der Waals surface area contributed by atoms with Gasteiger partial charge in [-0.3, -0.25) is 4.79 Å². The van der Waals surface area contributed by atoms with E-state index in [1.165, 1.54) is 0 Å². The van der Waals surface area contributed by atoms with Crippen LogP contribution in [0.25, 0.3) is 5.65 Å². The van der Waals surface area contributed by atoms with Crippen LogP contribution in [-0.4, -0.2) is 56.5 Å². The van der Waals surface area contributed by atoms with Crippen molar-refractivity contribution in [2.45, 2.75) is 13.3 Å². The number of ether oxygens (including phenoxy) is 1. The Labute approximate surface area is 151 Å². The predicted octanol–water partition coefficient (Wildman–Crippen LogP) is 1.76. The molecule has 0 radical (unpaired) electrons. The molecule has 3 aromatic heterocycles. The summed E-state index contributed by atoms with van der Waals surface area (Å²) in [5.41, 5.74) is 3.28. The number of hydrogen-bond acceptors (Lipinski definition) is 5. The summed E-state index contributed by atoms with van der Waals surface area (Å²) in [4.78, 5) is 27.6. The highest BCUT2D eigenvalue weighted by molar-refractivity contribution is 5.93. The normalized spacial score (nSPS) is 18.0. The molecule has 134 valence electrons. The highest BCUT2D eigenvalue weighted by atomic mass is 16.5. The Morgan fingerprint density at radius 1 is 1.35 bits per heavy atom. The largest absolute Gasteiger partial charge is 0.379 e. The molecular formula is C19H21N5O2. The highest BCUT2D eigenvalue weighted by Gasteiger charge is 2.25. The molecule has 0 aliphatic carbocycles. The van der Waals surface area contributed by atoms with Gasteiger partial charge in [0.25, 0.3) is 5.91 Å². The zero-order valence-corrected chi connectivity index (χ0v) is 14.7. The van der Waals surface area contributed by atoms with Crippen molar-refractivity contribution >= 4 is 11.6 Å². The zero-order chi connectivity index (χ0) is 17.9. The molecule has 4 rings (SSSR count). The molecule has 1 atom stereocenters. The minimum atomic E-state index is -0.0497. The van der Waals surface area contributed by atoms with E-state index in [1.807, 2.05) is 46.7 Å². The first-order valence-electron chi connectivity index (χ1n) is 8.77. The Morgan fingerprint density at radius 2 is 2.27 bits per heavy atom. The zero-order valence-electron chi connectivity index (χ0n) is 14.7. The van der Waals surface area contributed by atoms with Crippen LogP contribution in [0.4, 0.5) is 0 Å². The predicted molar refractivity (Wildman–Crippen MR) is 95.9 cm³/mol. The first-order valence-corrected chi connectivity index (χ1v) is 8.77. The van der Waals surface area contributed by atoms with Crippen molar-refractivity contribution in [1.29, 1.82) is 0 Å². The summed E-state index contributed by atoms with van der Waals surface area (Å²) in [5, 5.41) is 0. The molecule has 7 heteroatoms. The Morgan fingerprint density at radius 3 is 3.08 bits per heavy atom. The third kappa shape index (κ3) is 3.43. The van der Waals surface area contributed by atoms with Gasteiger partial charge in [-0.15, -0.1) is 0 Å². The van der Waals surface area contributed by atoms with Crippen LogP contribution in [0.1, 0.15) is 21.9 Å². The van der Waals surface area contributed by atoms with Crippen molar-refractivity contribution < 1.29 is 9.53 Å². The SMILES string of the molecule is Cc1cccc2nc(C(=O)N3CCOCC(Cc4ccncn4)C3)cn12. The van der Waals surface area contributed by atoms with Crippen LogP contribution in [0.2, 0.25) is 0 Å². The van der Waals surface area contributed by atoms with E-state index in [4.69, 9.17) is 4.74 Å². The number of carbonyl (C=O) groups excluding carboxylic acids is 1. The molecule has 0 N–H and O–H groups in total. The Kier molecular flexibility index (Phi) is 4.62. The summed E-state index contributed by atoms with van der Waals surface area (Å²) in [6, 6.07) is 7.76. The molecule has 1 unspecified atom stereocenters. The number of nitrogens with zero attached hydrogens (tertiary/aromatic N) is 5. The maximum Gasteiger partial charge on any atom is 0.274 e. The fraction of sp³-hybridized carbons (Fsp3) is 0.368. The van der Waals surface area contributed by atoms with Crippen LogP contribution in [0.5, 0.6) is 0 Å². The Bertz CT molecular complexity index is 909. The van der Waals surface area contributed by atoms with Gasteiger partial charge in [0.15, 0.2) is 0 Å². The van der Waals surface area contributed by atoms with Crippen LogP contribution in [0, 0.1) is 12.8 Å². The third-order valence-electron chi connectivity index (χ3n) is 4.68. The smallest absolute Gasteiger partial charge is 0.274 e. The molecule has 26 heavy (non-hydrogen) atoms. The van der Waals surface area contributed by atoms with E-state index in [0.29, 0.717) is 32.0 Å². The number of fused-ring (bicyclic) bond motifs is 1. The van der Waals surface area contributed by atoms with Gasteiger partial charge < -0.3 is 14.0 Å². The lowest BCUT2D eigenvalue weighted by Gasteiger charge is -2.22. The van der Waals surface area contributed by atoms with Gasteiger partial charge in [0.2, 0.25) is 0 Å². The number of aromatic nitrogens is 4. The molecule has 0 bridgehead atoms. The van der Waals surface area contributed by atoms with E-state index in [0.717, 1.165) is 23.5 Å². The van der Waals surface area contributed by atoms with Crippen LogP contribution in [-0.2, 0) is 11.2 Å². The topological polar surface area (TPSA) is 72.6 Å². The molecule has 3 aromatic rings. The van der Waals surface area contributed by atoms with Gasteiger partial charge in [-0.05, 0) is 31.5 Å². The minimum Gasteiger partial charge on any atom is -0.379 e. The number of hydrogen-bond donors (Lipinski definition) is 0. The molecule has 4 heterocycles. The van der Waals surface area contributed by atoms with E-state index in [-0.39, 0.29) is 11.8 Å². The minimum absolute atomic E-state index is 0.0497. The van der Waals surface area contributed by atoms with Crippen LogP contribution in [0.3, 0.4) is 0 Å². The average molecular weight is 351 g/mol. The number of pyridine rings is 1. The quantitative estimate of drug-likeness (QED) is 0.719. The standard InChI is InChI=1S/C19H21N5O2/c1-14-3-2-4-18-22-17(11-24(14)18)19(25)23-7-8-26-12-15(10-23)9-16-5-6-20-13-21-16/h2-6,11,13,15H,7-10,12H2,1H3. The fourth-order valence-corrected chi connectivity index (χ4v) is 3.34. The van der Waals surface area contributed by atoms with E-state index in [1.54, 1.807) is 12.5 Å². The third-order valence-corrected chi connectivity index (χ3v) is 4.68. The molecule has 0 saturated carbocycles. The van der Waals surface area contributed by atoms with Gasteiger partial charge in [0.1, 0.15) is 17.7 Å². The lowest BCUT2D eigenvalue weighted by atomic mass is 10.0. The van der Waals surface area contributed by atoms with Crippen LogP contribution >= 0.6 is 0 Å². The summed E-state index contributed by atoms with van der Waals surface area (Å²) < 4.78 is 7.66. The van der Waals surface area contributed by atoms with Gasteiger partial charge in [0.05, 0.1) is 13.2 Å². The molecule has 1 amide bonds. The summed E-state index contributed by atoms with van der Waals surface area (Å²) in [6.07, 6.45) is 5.87. The van der Waals surface area contributed by atoms with Gasteiger partial charge in [0, 0.05) is 42.8 Å². The van der Waals surface area contributed by atoms with Gasteiger partial charge >= 0.3 is 0 Å². The molecule has 1 aliphatic heterocycles. The summed E-state index contributed by atoms with van der Waals surface area (Å²) in [5.74, 6) is 0.154. The second-order valence-electron chi connectivity index (χ2n) is 6.62. The van der Waals surface area contributed by atoms with Gasteiger partial charge in [-0.25, -0.2) is 15.0 Å². The number of carbonyl (C=O) groups is 1. The van der Waals surface area contributed by atoms with Crippen molar-refractivity contribution in [2.75, 3.05) is 26.3 Å². The summed E-state index contributed by atoms with van der Waals surface area (Å²) >= 11 is 0. The van der Waals surface area contributed by atoms with Crippen molar-refractivity contribution in [3.8, 4) is 0 Å². The van der Waals surface area contributed by atoms with Crippen LogP contribution < -0.4 is 0 Å². The highest BCUT2D eigenvalue weighted by Crippen LogP contribution is 2.16. The number of amides is 1. The molecule has 1 saturated heterocycles. The number of rotatable bonds is 3. The number of aryl methyl sites for hydroxylation is 1. The maximum atomic E-state index is 13.0. The van der Waals surface area contributed by atoms with Crippen molar-refractivity contribution in [3.63, 3.8) is 0 Å². The monoisotopic (exact) mass is 351 g/mol. The van der Waals surface area contributed by atoms with E-state index >= 15 is 0 Å². The van der Waals surface area contributed by atoms with Crippen molar-refractivity contribution in [1.82, 2.24) is 24.3 Å². The second-order valence-corrected chi connectivity index (χ2v) is 6.62. The van der Waals surface area contributed by atoms with Gasteiger partial charge in [-0.1, -0.05) is 6.07 Å².